The first kappa shape index (κ1) is 18.3. The molecule has 0 bridgehead atoms. The van der Waals surface area contributed by atoms with Gasteiger partial charge in [-0.15, -0.1) is 0 Å². The van der Waals surface area contributed by atoms with Crippen LogP contribution in [0.15, 0.2) is 53.4 Å². The number of hydrogen-bond acceptors (Lipinski definition) is 4. The third-order valence-corrected chi connectivity index (χ3v) is 6.21. The number of benzene rings is 2. The quantitative estimate of drug-likeness (QED) is 0.868. The van der Waals surface area contributed by atoms with Gasteiger partial charge in [-0.1, -0.05) is 0 Å². The molecule has 26 heavy (non-hydrogen) atoms. The molecule has 1 atom stereocenters. The summed E-state index contributed by atoms with van der Waals surface area (Å²) in [5.41, 5.74) is 0.421. The number of ether oxygens (including phenoxy) is 1. The Morgan fingerprint density at radius 2 is 1.81 bits per heavy atom. The Labute approximate surface area is 151 Å². The molecule has 6 nitrogen and oxygen atoms in total. The molecule has 1 unspecified atom stereocenters. The summed E-state index contributed by atoms with van der Waals surface area (Å²) in [5.74, 6) is -0.283. The number of carbonyl (C=O) groups is 1. The van der Waals surface area contributed by atoms with Gasteiger partial charge < -0.3 is 10.1 Å². The molecule has 3 rings (SSSR count). The maximum absolute atomic E-state index is 13.0. The molecule has 0 radical (unpaired) electrons. The van der Waals surface area contributed by atoms with E-state index in [4.69, 9.17) is 4.74 Å². The normalized spacial score (nSPS) is 17.8. The van der Waals surface area contributed by atoms with Crippen molar-refractivity contribution in [3.8, 4) is 5.75 Å². The molecule has 0 aliphatic carbocycles. The number of nitrogens with zero attached hydrogens (tertiary/aromatic N) is 1. The third kappa shape index (κ3) is 3.71. The number of amides is 1. The number of nitrogens with one attached hydrogen (secondary N) is 1. The molecule has 1 fully saturated rings. The minimum Gasteiger partial charge on any atom is -0.497 e. The predicted octanol–water partition coefficient (Wildman–Crippen LogP) is 2.63. The van der Waals surface area contributed by atoms with E-state index < -0.39 is 27.8 Å². The van der Waals surface area contributed by atoms with Crippen LogP contribution in [0, 0.1) is 5.82 Å². The summed E-state index contributed by atoms with van der Waals surface area (Å²) in [6, 6.07) is 10.6. The van der Waals surface area contributed by atoms with E-state index in [0.29, 0.717) is 24.3 Å². The van der Waals surface area contributed by atoms with Crippen LogP contribution in [0.2, 0.25) is 0 Å². The lowest BCUT2D eigenvalue weighted by Crippen LogP contribution is -2.43. The van der Waals surface area contributed by atoms with Crippen molar-refractivity contribution in [1.29, 1.82) is 0 Å². The highest BCUT2D eigenvalue weighted by Crippen LogP contribution is 2.28. The summed E-state index contributed by atoms with van der Waals surface area (Å²) in [7, 11) is -2.30. The Kier molecular flexibility index (Phi) is 5.24. The SMILES string of the molecule is COc1ccc(S(=O)(=O)N2CCCC2C(=O)Nc2ccc(F)cc2)cc1. The topological polar surface area (TPSA) is 75.7 Å². The van der Waals surface area contributed by atoms with E-state index in [9.17, 15) is 17.6 Å². The van der Waals surface area contributed by atoms with Gasteiger partial charge in [0.1, 0.15) is 17.6 Å². The maximum atomic E-state index is 13.0. The molecular weight excluding hydrogens is 359 g/mol. The van der Waals surface area contributed by atoms with Crippen molar-refractivity contribution in [2.75, 3.05) is 19.0 Å². The van der Waals surface area contributed by atoms with E-state index in [1.165, 1.54) is 47.8 Å². The van der Waals surface area contributed by atoms with Crippen molar-refractivity contribution in [3.05, 3.63) is 54.3 Å². The van der Waals surface area contributed by atoms with Gasteiger partial charge in [0, 0.05) is 12.2 Å². The molecule has 8 heteroatoms. The lowest BCUT2D eigenvalue weighted by atomic mass is 10.2. The number of halogens is 1. The highest BCUT2D eigenvalue weighted by molar-refractivity contribution is 7.89. The number of methoxy groups -OCH3 is 1. The molecule has 0 aromatic heterocycles. The van der Waals surface area contributed by atoms with Gasteiger partial charge in [-0.25, -0.2) is 12.8 Å². The second kappa shape index (κ2) is 7.43. The van der Waals surface area contributed by atoms with Crippen LogP contribution in [0.1, 0.15) is 12.8 Å². The van der Waals surface area contributed by atoms with Crippen LogP contribution in [-0.4, -0.2) is 38.3 Å². The van der Waals surface area contributed by atoms with Gasteiger partial charge in [0.25, 0.3) is 0 Å². The Balaban J connectivity index is 1.79. The highest BCUT2D eigenvalue weighted by atomic mass is 32.2. The maximum Gasteiger partial charge on any atom is 0.243 e. The molecule has 2 aromatic rings. The van der Waals surface area contributed by atoms with Crippen LogP contribution >= 0.6 is 0 Å². The molecule has 138 valence electrons. The number of carbonyl (C=O) groups excluding carboxylic acids is 1. The minimum absolute atomic E-state index is 0.111. The van der Waals surface area contributed by atoms with Crippen LogP contribution < -0.4 is 10.1 Å². The van der Waals surface area contributed by atoms with Gasteiger partial charge in [-0.05, 0) is 61.4 Å². The second-order valence-electron chi connectivity index (χ2n) is 5.95. The Morgan fingerprint density at radius 3 is 2.42 bits per heavy atom. The third-order valence-electron chi connectivity index (χ3n) is 4.28. The van der Waals surface area contributed by atoms with Crippen LogP contribution in [0.25, 0.3) is 0 Å². The largest absolute Gasteiger partial charge is 0.497 e. The fourth-order valence-corrected chi connectivity index (χ4v) is 4.59. The lowest BCUT2D eigenvalue weighted by molar-refractivity contribution is -0.119. The fraction of sp³-hybridized carbons (Fsp3) is 0.278. The summed E-state index contributed by atoms with van der Waals surface area (Å²) < 4.78 is 45.0. The zero-order valence-electron chi connectivity index (χ0n) is 14.2. The van der Waals surface area contributed by atoms with Gasteiger partial charge in [0.15, 0.2) is 0 Å². The van der Waals surface area contributed by atoms with Crippen LogP contribution in [0.4, 0.5) is 10.1 Å². The summed E-state index contributed by atoms with van der Waals surface area (Å²) >= 11 is 0. The molecule has 1 amide bonds. The fourth-order valence-electron chi connectivity index (χ4n) is 2.93. The number of sulfonamides is 1. The molecule has 0 saturated carbocycles. The highest BCUT2D eigenvalue weighted by Gasteiger charge is 2.39. The predicted molar refractivity (Wildman–Crippen MR) is 94.9 cm³/mol. The molecule has 1 saturated heterocycles. The van der Waals surface area contributed by atoms with Crippen molar-refractivity contribution in [3.63, 3.8) is 0 Å². The van der Waals surface area contributed by atoms with E-state index in [-0.39, 0.29) is 11.4 Å². The molecular formula is C18H19FN2O4S. The smallest absolute Gasteiger partial charge is 0.243 e. The van der Waals surface area contributed by atoms with Crippen LogP contribution in [-0.2, 0) is 14.8 Å². The second-order valence-corrected chi connectivity index (χ2v) is 7.84. The first-order valence-electron chi connectivity index (χ1n) is 8.14. The van der Waals surface area contributed by atoms with Crippen molar-refractivity contribution in [2.45, 2.75) is 23.8 Å². The average Bonchev–Trinajstić information content (AvgIpc) is 3.14. The molecule has 1 aliphatic rings. The first-order valence-corrected chi connectivity index (χ1v) is 9.58. The summed E-state index contributed by atoms with van der Waals surface area (Å²) in [6.45, 7) is 0.274. The molecule has 1 aliphatic heterocycles. The van der Waals surface area contributed by atoms with Crippen LogP contribution in [0.5, 0.6) is 5.75 Å². The van der Waals surface area contributed by atoms with Crippen molar-refractivity contribution in [1.82, 2.24) is 4.31 Å². The zero-order chi connectivity index (χ0) is 18.7. The van der Waals surface area contributed by atoms with Gasteiger partial charge in [-0.3, -0.25) is 4.79 Å². The first-order chi connectivity index (χ1) is 12.4. The Morgan fingerprint density at radius 1 is 1.15 bits per heavy atom. The summed E-state index contributed by atoms with van der Waals surface area (Å²) in [4.78, 5) is 12.7. The minimum atomic E-state index is -3.80. The average molecular weight is 378 g/mol. The number of anilines is 1. The van der Waals surface area contributed by atoms with Gasteiger partial charge in [-0.2, -0.15) is 4.31 Å². The van der Waals surface area contributed by atoms with Crippen molar-refractivity contribution < 1.29 is 22.3 Å². The molecule has 0 spiro atoms. The molecule has 1 N–H and O–H groups in total. The summed E-state index contributed by atoms with van der Waals surface area (Å²) in [5, 5.41) is 2.65. The monoisotopic (exact) mass is 378 g/mol. The van der Waals surface area contributed by atoms with E-state index >= 15 is 0 Å². The van der Waals surface area contributed by atoms with E-state index in [2.05, 4.69) is 5.32 Å². The molecule has 1 heterocycles. The van der Waals surface area contributed by atoms with E-state index in [0.717, 1.165) is 0 Å². The van der Waals surface area contributed by atoms with Crippen LogP contribution in [0.3, 0.4) is 0 Å². The van der Waals surface area contributed by atoms with Gasteiger partial charge in [0.2, 0.25) is 15.9 Å². The number of hydrogen-bond donors (Lipinski definition) is 1. The van der Waals surface area contributed by atoms with Crippen molar-refractivity contribution >= 4 is 21.6 Å². The Bertz CT molecular complexity index is 882. The van der Waals surface area contributed by atoms with Gasteiger partial charge >= 0.3 is 0 Å². The lowest BCUT2D eigenvalue weighted by Gasteiger charge is -2.23. The zero-order valence-corrected chi connectivity index (χ0v) is 15.0. The van der Waals surface area contributed by atoms with E-state index in [1.54, 1.807) is 12.1 Å². The standard InChI is InChI=1S/C18H19FN2O4S/c1-25-15-8-10-16(11-9-15)26(23,24)21-12-2-3-17(21)18(22)20-14-6-4-13(19)5-7-14/h4-11,17H,2-3,12H2,1H3,(H,20,22). The van der Waals surface area contributed by atoms with E-state index in [1.807, 2.05) is 0 Å². The van der Waals surface area contributed by atoms with Crippen molar-refractivity contribution in [2.24, 2.45) is 0 Å². The molecule has 2 aromatic carbocycles. The number of rotatable bonds is 5. The van der Waals surface area contributed by atoms with Gasteiger partial charge in [0.05, 0.1) is 12.0 Å². The summed E-state index contributed by atoms with van der Waals surface area (Å²) in [6.07, 6.45) is 1.03. The Hall–Kier alpha value is -2.45.